The predicted octanol–water partition coefficient (Wildman–Crippen LogP) is 4.10. The summed E-state index contributed by atoms with van der Waals surface area (Å²) in [6, 6.07) is 9.26. The molecule has 1 heterocycles. The van der Waals surface area contributed by atoms with Crippen molar-refractivity contribution >= 4 is 40.2 Å². The maximum absolute atomic E-state index is 12.0. The number of aryl methyl sites for hydroxylation is 3. The number of anilines is 1. The highest BCUT2D eigenvalue weighted by molar-refractivity contribution is 6.32. The first-order valence-electron chi connectivity index (χ1n) is 8.78. The molecule has 7 nitrogen and oxygen atoms in total. The predicted molar refractivity (Wildman–Crippen MR) is 111 cm³/mol. The molecule has 0 unspecified atom stereocenters. The number of benzene rings is 2. The van der Waals surface area contributed by atoms with Crippen LogP contribution >= 0.6 is 11.6 Å². The van der Waals surface area contributed by atoms with Gasteiger partial charge in [0.2, 0.25) is 0 Å². The lowest BCUT2D eigenvalue weighted by molar-refractivity contribution is -0.121. The Hall–Kier alpha value is -3.32. The Kier molecular flexibility index (Phi) is 5.89. The molecule has 3 aromatic rings. The summed E-state index contributed by atoms with van der Waals surface area (Å²) in [5.41, 5.74) is 3.06. The maximum atomic E-state index is 12.0. The number of rotatable bonds is 4. The number of nitrogens with one attached hydrogen (secondary N) is 2. The fraction of sp³-hybridized carbons (Fsp3) is 0.190. The maximum Gasteiger partial charge on any atom is 0.336 e. The Morgan fingerprint density at radius 1 is 1.07 bits per heavy atom. The van der Waals surface area contributed by atoms with Gasteiger partial charge in [-0.15, -0.1) is 0 Å². The molecule has 0 aliphatic rings. The molecule has 2 N–H and O–H groups in total. The molecule has 0 saturated heterocycles. The largest absolute Gasteiger partial charge is 0.482 e. The zero-order chi connectivity index (χ0) is 21.1. The molecule has 0 spiro atoms. The molecule has 3 rings (SSSR count). The summed E-state index contributed by atoms with van der Waals surface area (Å²) < 4.78 is 10.5. The molecule has 8 heteroatoms. The van der Waals surface area contributed by atoms with E-state index in [1.165, 1.54) is 12.1 Å². The third-order valence-corrected chi connectivity index (χ3v) is 4.54. The van der Waals surface area contributed by atoms with Crippen molar-refractivity contribution in [1.29, 1.82) is 0 Å². The molecular formula is C21H19ClN2O5. The van der Waals surface area contributed by atoms with Gasteiger partial charge in [-0.25, -0.2) is 9.59 Å². The van der Waals surface area contributed by atoms with Gasteiger partial charge in [0.15, 0.2) is 6.61 Å². The first kappa shape index (κ1) is 20.4. The molecule has 0 aliphatic carbocycles. The van der Waals surface area contributed by atoms with E-state index in [2.05, 4.69) is 10.6 Å². The van der Waals surface area contributed by atoms with Crippen LogP contribution in [0.15, 0.2) is 45.6 Å². The van der Waals surface area contributed by atoms with E-state index in [1.807, 2.05) is 26.0 Å². The summed E-state index contributed by atoms with van der Waals surface area (Å²) in [6.07, 6.45) is 0. The zero-order valence-electron chi connectivity index (χ0n) is 16.1. The second-order valence-corrected chi connectivity index (χ2v) is 7.04. The third kappa shape index (κ3) is 4.94. The molecule has 0 atom stereocenters. The van der Waals surface area contributed by atoms with Gasteiger partial charge in [-0.2, -0.15) is 0 Å². The third-order valence-electron chi connectivity index (χ3n) is 4.25. The van der Waals surface area contributed by atoms with Gasteiger partial charge in [0.25, 0.3) is 5.91 Å². The van der Waals surface area contributed by atoms with E-state index in [4.69, 9.17) is 20.8 Å². The van der Waals surface area contributed by atoms with E-state index in [1.54, 1.807) is 19.1 Å². The first-order chi connectivity index (χ1) is 13.7. The van der Waals surface area contributed by atoms with Crippen LogP contribution in [-0.2, 0) is 4.79 Å². The number of ether oxygens (including phenoxy) is 1. The number of carbonyl (C=O) groups excluding carboxylic acids is 2. The Morgan fingerprint density at radius 3 is 2.55 bits per heavy atom. The van der Waals surface area contributed by atoms with Crippen molar-refractivity contribution in [3.05, 3.63) is 68.5 Å². The quantitative estimate of drug-likeness (QED) is 0.626. The van der Waals surface area contributed by atoms with Crippen molar-refractivity contribution in [2.75, 3.05) is 11.9 Å². The number of carbonyl (C=O) groups is 2. The number of urea groups is 1. The van der Waals surface area contributed by atoms with Crippen LogP contribution in [-0.4, -0.2) is 18.5 Å². The van der Waals surface area contributed by atoms with Gasteiger partial charge < -0.3 is 14.5 Å². The minimum Gasteiger partial charge on any atom is -0.482 e. The average Bonchev–Trinajstić information content (AvgIpc) is 2.63. The van der Waals surface area contributed by atoms with Crippen LogP contribution in [0.1, 0.15) is 16.7 Å². The smallest absolute Gasteiger partial charge is 0.336 e. The van der Waals surface area contributed by atoms with E-state index < -0.39 is 24.2 Å². The van der Waals surface area contributed by atoms with Crippen LogP contribution in [0.25, 0.3) is 11.0 Å². The average molecular weight is 415 g/mol. The molecule has 0 bridgehead atoms. The molecule has 0 saturated carbocycles. The molecular weight excluding hydrogens is 396 g/mol. The number of hydrogen-bond donors (Lipinski definition) is 2. The second-order valence-electron chi connectivity index (χ2n) is 6.64. The zero-order valence-corrected chi connectivity index (χ0v) is 16.8. The summed E-state index contributed by atoms with van der Waals surface area (Å²) in [5, 5.41) is 5.71. The Morgan fingerprint density at radius 2 is 1.83 bits per heavy atom. The van der Waals surface area contributed by atoms with Crippen molar-refractivity contribution in [2.24, 2.45) is 0 Å². The van der Waals surface area contributed by atoms with Crippen molar-refractivity contribution in [1.82, 2.24) is 5.32 Å². The summed E-state index contributed by atoms with van der Waals surface area (Å²) in [4.78, 5) is 35.6. The fourth-order valence-corrected chi connectivity index (χ4v) is 3.06. The van der Waals surface area contributed by atoms with Gasteiger partial charge in [-0.3, -0.25) is 10.1 Å². The van der Waals surface area contributed by atoms with Crippen LogP contribution in [0, 0.1) is 20.8 Å². The van der Waals surface area contributed by atoms with Crippen LogP contribution in [0.3, 0.4) is 0 Å². The van der Waals surface area contributed by atoms with Crippen LogP contribution in [0.5, 0.6) is 5.75 Å². The highest BCUT2D eigenvalue weighted by Crippen LogP contribution is 2.30. The molecule has 3 amide bonds. The lowest BCUT2D eigenvalue weighted by Crippen LogP contribution is -2.37. The second kappa shape index (κ2) is 8.36. The number of halogens is 1. The molecule has 0 aliphatic heterocycles. The lowest BCUT2D eigenvalue weighted by atomic mass is 10.1. The fourth-order valence-electron chi connectivity index (χ4n) is 2.84. The summed E-state index contributed by atoms with van der Waals surface area (Å²) >= 11 is 6.19. The van der Waals surface area contributed by atoms with E-state index in [9.17, 15) is 14.4 Å². The number of fused-ring (bicyclic) bond motifs is 1. The number of amides is 3. The van der Waals surface area contributed by atoms with E-state index in [-0.39, 0.29) is 10.8 Å². The summed E-state index contributed by atoms with van der Waals surface area (Å²) in [5.74, 6) is -0.494. The summed E-state index contributed by atoms with van der Waals surface area (Å²) in [7, 11) is 0. The lowest BCUT2D eigenvalue weighted by Gasteiger charge is -2.11. The Balaban J connectivity index is 1.63. The molecule has 150 valence electrons. The minimum atomic E-state index is -0.670. The van der Waals surface area contributed by atoms with E-state index in [0.29, 0.717) is 22.2 Å². The van der Waals surface area contributed by atoms with Crippen LogP contribution in [0.2, 0.25) is 5.02 Å². The highest BCUT2D eigenvalue weighted by atomic mass is 35.5. The molecule has 1 aromatic heterocycles. The summed E-state index contributed by atoms with van der Waals surface area (Å²) in [6.45, 7) is 5.12. The minimum absolute atomic E-state index is 0.165. The molecule has 29 heavy (non-hydrogen) atoms. The standard InChI is InChI=1S/C21H19ClN2O5/c1-11-4-5-16(13(3)6-11)23-21(27)24-19(25)10-28-18-9-17-14(8-15(18)22)12(2)7-20(26)29-17/h4-9H,10H2,1-3H3,(H2,23,24,25,27). The highest BCUT2D eigenvalue weighted by Gasteiger charge is 2.13. The van der Waals surface area contributed by atoms with Crippen molar-refractivity contribution < 1.29 is 18.7 Å². The molecule has 0 fully saturated rings. The molecule has 0 radical (unpaired) electrons. The SMILES string of the molecule is Cc1ccc(NC(=O)NC(=O)COc2cc3oc(=O)cc(C)c3cc2Cl)c(C)c1. The van der Waals surface area contributed by atoms with Gasteiger partial charge >= 0.3 is 11.7 Å². The van der Waals surface area contributed by atoms with Crippen LogP contribution < -0.4 is 21.0 Å². The Bertz CT molecular complexity index is 1170. The first-order valence-corrected chi connectivity index (χ1v) is 9.15. The van der Waals surface area contributed by atoms with E-state index in [0.717, 1.165) is 11.1 Å². The molecule has 2 aromatic carbocycles. The van der Waals surface area contributed by atoms with E-state index >= 15 is 0 Å². The van der Waals surface area contributed by atoms with Gasteiger partial charge in [0.05, 0.1) is 5.02 Å². The topological polar surface area (TPSA) is 97.6 Å². The van der Waals surface area contributed by atoms with Crippen molar-refractivity contribution in [2.45, 2.75) is 20.8 Å². The Labute approximate surface area is 171 Å². The van der Waals surface area contributed by atoms with Gasteiger partial charge in [0, 0.05) is 23.2 Å². The van der Waals surface area contributed by atoms with Gasteiger partial charge in [0.1, 0.15) is 11.3 Å². The number of imide groups is 1. The van der Waals surface area contributed by atoms with Crippen molar-refractivity contribution in [3.63, 3.8) is 0 Å². The van der Waals surface area contributed by atoms with Crippen LogP contribution in [0.4, 0.5) is 10.5 Å². The van der Waals surface area contributed by atoms with Gasteiger partial charge in [-0.05, 0) is 44.0 Å². The number of hydrogen-bond acceptors (Lipinski definition) is 5. The van der Waals surface area contributed by atoms with Crippen molar-refractivity contribution in [3.8, 4) is 5.75 Å². The van der Waals surface area contributed by atoms with Gasteiger partial charge in [-0.1, -0.05) is 29.3 Å². The monoisotopic (exact) mass is 414 g/mol. The normalized spacial score (nSPS) is 10.6.